The Kier molecular flexibility index (Phi) is 3.22. The molecule has 0 atom stereocenters. The third-order valence-electron chi connectivity index (χ3n) is 1.49. The molecule has 0 aliphatic carbocycles. The zero-order valence-electron chi connectivity index (χ0n) is 6.16. The molecule has 1 radical (unpaired) electrons. The molecule has 1 heterocycles. The molecule has 0 unspecified atom stereocenters. The van der Waals surface area contributed by atoms with Crippen LogP contribution in [0, 0.1) is 0 Å². The third-order valence-corrected chi connectivity index (χ3v) is 1.49. The molecule has 65 valence electrons. The maximum Gasteiger partial charge on any atom is 0.112 e. The minimum Gasteiger partial charge on any atom is -0.265 e. The van der Waals surface area contributed by atoms with Gasteiger partial charge >= 0.3 is 0 Å². The second-order valence-electron chi connectivity index (χ2n) is 2.22. The van der Waals surface area contributed by atoms with Crippen LogP contribution in [0.3, 0.4) is 0 Å². The van der Waals surface area contributed by atoms with Gasteiger partial charge in [0.15, 0.2) is 0 Å². The van der Waals surface area contributed by atoms with Crippen molar-refractivity contribution in [2.75, 3.05) is 0 Å². The van der Waals surface area contributed by atoms with E-state index in [4.69, 9.17) is 0 Å². The van der Waals surface area contributed by atoms with E-state index in [1.165, 1.54) is 0 Å². The summed E-state index contributed by atoms with van der Waals surface area (Å²) in [5, 5.41) is 10.2. The molecule has 0 amide bonds. The first kappa shape index (κ1) is 9.19. The number of aromatic amines is 1. The quantitative estimate of drug-likeness (QED) is 0.782. The number of rotatable bonds is 1. The first-order chi connectivity index (χ1) is 5.47. The molecule has 1 N–H and O–H groups in total. The molecule has 0 fully saturated rings. The normalized spacial score (nSPS) is 9.00. The van der Waals surface area contributed by atoms with Gasteiger partial charge in [-0.1, -0.05) is 35.5 Å². The third kappa shape index (κ3) is 1.82. The number of hydrogen-bond donors (Lipinski definition) is 1. The van der Waals surface area contributed by atoms with Gasteiger partial charge in [-0.2, -0.15) is 0 Å². The molecule has 0 aliphatic rings. The van der Waals surface area contributed by atoms with Crippen molar-refractivity contribution >= 4 is 0 Å². The summed E-state index contributed by atoms with van der Waals surface area (Å²) in [5.74, 6) is 0. The van der Waals surface area contributed by atoms with Gasteiger partial charge < -0.3 is 0 Å². The molecular formula is C8H7AgN3. The van der Waals surface area contributed by atoms with Crippen LogP contribution >= 0.6 is 0 Å². The molecule has 1 aromatic carbocycles. The summed E-state index contributed by atoms with van der Waals surface area (Å²) in [4.78, 5) is 0. The van der Waals surface area contributed by atoms with E-state index in [1.54, 1.807) is 6.20 Å². The first-order valence-corrected chi connectivity index (χ1v) is 3.39. The van der Waals surface area contributed by atoms with Gasteiger partial charge in [0.1, 0.15) is 5.69 Å². The van der Waals surface area contributed by atoms with Crippen LogP contribution in [0.1, 0.15) is 0 Å². The number of hydrogen-bond acceptors (Lipinski definition) is 2. The summed E-state index contributed by atoms with van der Waals surface area (Å²) in [5.41, 5.74) is 1.96. The van der Waals surface area contributed by atoms with Crippen LogP contribution in [0.15, 0.2) is 36.5 Å². The Bertz CT molecular complexity index is 317. The summed E-state index contributed by atoms with van der Waals surface area (Å²) in [6.07, 6.45) is 1.77. The summed E-state index contributed by atoms with van der Waals surface area (Å²) in [7, 11) is 0. The monoisotopic (exact) mass is 252 g/mol. The fourth-order valence-electron chi connectivity index (χ4n) is 0.952. The van der Waals surface area contributed by atoms with E-state index in [9.17, 15) is 0 Å². The Morgan fingerprint density at radius 1 is 1.08 bits per heavy atom. The van der Waals surface area contributed by atoms with E-state index < -0.39 is 0 Å². The topological polar surface area (TPSA) is 41.6 Å². The van der Waals surface area contributed by atoms with Crippen molar-refractivity contribution in [2.24, 2.45) is 0 Å². The minimum absolute atomic E-state index is 0. The molecule has 12 heavy (non-hydrogen) atoms. The number of aromatic nitrogens is 3. The van der Waals surface area contributed by atoms with Crippen LogP contribution in [-0.4, -0.2) is 15.4 Å². The van der Waals surface area contributed by atoms with E-state index in [0.29, 0.717) is 0 Å². The van der Waals surface area contributed by atoms with Gasteiger partial charge in [0.2, 0.25) is 0 Å². The molecule has 4 heteroatoms. The van der Waals surface area contributed by atoms with Crippen LogP contribution in [0.2, 0.25) is 0 Å². The van der Waals surface area contributed by atoms with Crippen molar-refractivity contribution in [3.8, 4) is 11.3 Å². The van der Waals surface area contributed by atoms with E-state index in [2.05, 4.69) is 15.4 Å². The minimum atomic E-state index is 0. The van der Waals surface area contributed by atoms with E-state index in [-0.39, 0.29) is 22.4 Å². The molecule has 0 aliphatic heterocycles. The summed E-state index contributed by atoms with van der Waals surface area (Å²) >= 11 is 0. The Morgan fingerprint density at radius 3 is 2.42 bits per heavy atom. The maximum absolute atomic E-state index is 3.88. The Balaban J connectivity index is 0.000000720. The summed E-state index contributed by atoms with van der Waals surface area (Å²) < 4.78 is 0. The van der Waals surface area contributed by atoms with Crippen molar-refractivity contribution in [1.29, 1.82) is 0 Å². The van der Waals surface area contributed by atoms with Gasteiger partial charge in [-0.15, -0.1) is 5.10 Å². The molecule has 2 rings (SSSR count). The van der Waals surface area contributed by atoms with Crippen LogP contribution in [0.4, 0.5) is 0 Å². The van der Waals surface area contributed by atoms with Crippen LogP contribution in [0.25, 0.3) is 11.3 Å². The average Bonchev–Trinajstić information content (AvgIpc) is 2.58. The molecule has 0 saturated heterocycles. The number of benzene rings is 1. The predicted molar refractivity (Wildman–Crippen MR) is 41.8 cm³/mol. The number of nitrogens with zero attached hydrogens (tertiary/aromatic N) is 2. The van der Waals surface area contributed by atoms with Gasteiger partial charge in [0.05, 0.1) is 0 Å². The molecule has 2 aromatic rings. The van der Waals surface area contributed by atoms with E-state index in [1.807, 2.05) is 30.3 Å². The SMILES string of the molecule is [Ag].c1ccc(-c2c[nH]nn2)cc1. The second kappa shape index (κ2) is 4.21. The van der Waals surface area contributed by atoms with Gasteiger partial charge in [-0.05, 0) is 0 Å². The van der Waals surface area contributed by atoms with Crippen LogP contribution in [-0.2, 0) is 22.4 Å². The zero-order valence-corrected chi connectivity index (χ0v) is 7.64. The van der Waals surface area contributed by atoms with Crippen molar-refractivity contribution in [3.05, 3.63) is 36.5 Å². The van der Waals surface area contributed by atoms with Crippen molar-refractivity contribution in [1.82, 2.24) is 15.4 Å². The molecule has 3 nitrogen and oxygen atoms in total. The standard InChI is InChI=1S/C8H7N3.Ag/c1-2-4-7(5-3-1)8-6-9-11-10-8;/h1-6H,(H,9,10,11);. The van der Waals surface area contributed by atoms with E-state index in [0.717, 1.165) is 11.3 Å². The molecular weight excluding hydrogens is 246 g/mol. The molecule has 0 saturated carbocycles. The zero-order chi connectivity index (χ0) is 7.52. The molecule has 0 spiro atoms. The summed E-state index contributed by atoms with van der Waals surface area (Å²) in [6, 6.07) is 9.92. The van der Waals surface area contributed by atoms with Gasteiger partial charge in [-0.25, -0.2) is 0 Å². The largest absolute Gasteiger partial charge is 0.265 e. The van der Waals surface area contributed by atoms with Crippen LogP contribution in [0.5, 0.6) is 0 Å². The number of H-pyrrole nitrogens is 1. The Morgan fingerprint density at radius 2 is 1.83 bits per heavy atom. The molecule has 1 aromatic heterocycles. The Hall–Kier alpha value is -0.900. The van der Waals surface area contributed by atoms with Crippen LogP contribution < -0.4 is 0 Å². The van der Waals surface area contributed by atoms with E-state index >= 15 is 0 Å². The van der Waals surface area contributed by atoms with Crippen molar-refractivity contribution in [2.45, 2.75) is 0 Å². The van der Waals surface area contributed by atoms with Gasteiger partial charge in [-0.3, -0.25) is 5.10 Å². The summed E-state index contributed by atoms with van der Waals surface area (Å²) in [6.45, 7) is 0. The predicted octanol–water partition coefficient (Wildman–Crippen LogP) is 1.47. The van der Waals surface area contributed by atoms with Gasteiger partial charge in [0.25, 0.3) is 0 Å². The Labute approximate surface area is 85.7 Å². The van der Waals surface area contributed by atoms with Crippen molar-refractivity contribution < 1.29 is 22.4 Å². The van der Waals surface area contributed by atoms with Crippen molar-refractivity contribution in [3.63, 3.8) is 0 Å². The van der Waals surface area contributed by atoms with Gasteiger partial charge in [0, 0.05) is 34.1 Å². The fraction of sp³-hybridized carbons (Fsp3) is 0. The number of nitrogens with one attached hydrogen (secondary N) is 1. The molecule has 0 bridgehead atoms. The first-order valence-electron chi connectivity index (χ1n) is 3.39. The average molecular weight is 253 g/mol. The maximum atomic E-state index is 3.88. The smallest absolute Gasteiger partial charge is 0.112 e. The fourth-order valence-corrected chi connectivity index (χ4v) is 0.952. The second-order valence-corrected chi connectivity index (χ2v) is 2.22.